The highest BCUT2D eigenvalue weighted by atomic mass is 35.5. The monoisotopic (exact) mass is 314 g/mol. The van der Waals surface area contributed by atoms with E-state index in [1.807, 2.05) is 0 Å². The van der Waals surface area contributed by atoms with E-state index in [9.17, 15) is 14.4 Å². The summed E-state index contributed by atoms with van der Waals surface area (Å²) in [5.74, 6) is -0.978. The average Bonchev–Trinajstić information content (AvgIpc) is 2.51. The first kappa shape index (κ1) is 16.8. The molecule has 0 spiro atoms. The van der Waals surface area contributed by atoms with Gasteiger partial charge in [-0.3, -0.25) is 0 Å². The molecule has 0 atom stereocenters. The van der Waals surface area contributed by atoms with Crippen LogP contribution in [0.1, 0.15) is 20.7 Å². The van der Waals surface area contributed by atoms with Crippen molar-refractivity contribution in [3.05, 3.63) is 29.3 Å². The SMILES string of the molecule is COC(=O)c1ccc(C(=O)OC)c(NC(=O)NCCCl)c1. The van der Waals surface area contributed by atoms with Crippen LogP contribution in [0.4, 0.5) is 10.5 Å². The lowest BCUT2D eigenvalue weighted by atomic mass is 10.1. The summed E-state index contributed by atoms with van der Waals surface area (Å²) in [6.07, 6.45) is 0. The van der Waals surface area contributed by atoms with E-state index >= 15 is 0 Å². The van der Waals surface area contributed by atoms with Crippen molar-refractivity contribution in [2.24, 2.45) is 0 Å². The predicted molar refractivity (Wildman–Crippen MR) is 76.9 cm³/mol. The van der Waals surface area contributed by atoms with Gasteiger partial charge in [-0.05, 0) is 18.2 Å². The first-order chi connectivity index (χ1) is 10.0. The van der Waals surface area contributed by atoms with E-state index in [0.717, 1.165) is 0 Å². The Bertz CT molecular complexity index is 547. The van der Waals surface area contributed by atoms with E-state index < -0.39 is 18.0 Å². The Kier molecular flexibility index (Phi) is 6.48. The number of amides is 2. The molecule has 2 N–H and O–H groups in total. The Balaban J connectivity index is 3.07. The number of ether oxygens (including phenoxy) is 2. The van der Waals surface area contributed by atoms with Crippen LogP contribution in [0.2, 0.25) is 0 Å². The van der Waals surface area contributed by atoms with E-state index in [0.29, 0.717) is 0 Å². The molecule has 1 aromatic carbocycles. The first-order valence-electron chi connectivity index (χ1n) is 5.95. The fourth-order valence-electron chi connectivity index (χ4n) is 1.51. The third-order valence-electron chi connectivity index (χ3n) is 2.47. The molecule has 0 aliphatic heterocycles. The van der Waals surface area contributed by atoms with Crippen LogP contribution < -0.4 is 10.6 Å². The Morgan fingerprint density at radius 1 is 1.14 bits per heavy atom. The third kappa shape index (κ3) is 4.64. The molecule has 0 saturated carbocycles. The van der Waals surface area contributed by atoms with Gasteiger partial charge in [0.05, 0.1) is 31.0 Å². The summed E-state index contributed by atoms with van der Waals surface area (Å²) in [6, 6.07) is 3.55. The quantitative estimate of drug-likeness (QED) is 0.636. The number of carbonyl (C=O) groups excluding carboxylic acids is 3. The van der Waals surface area contributed by atoms with E-state index in [2.05, 4.69) is 20.1 Å². The van der Waals surface area contributed by atoms with Crippen molar-refractivity contribution in [3.63, 3.8) is 0 Å². The maximum absolute atomic E-state index is 11.6. The molecule has 0 saturated heterocycles. The predicted octanol–water partition coefficient (Wildman–Crippen LogP) is 1.62. The molecule has 2 amide bonds. The number of methoxy groups -OCH3 is 2. The molecule has 0 aliphatic rings. The molecular weight excluding hydrogens is 300 g/mol. The lowest BCUT2D eigenvalue weighted by Gasteiger charge is -2.11. The van der Waals surface area contributed by atoms with Crippen LogP contribution in [0.5, 0.6) is 0 Å². The molecule has 0 radical (unpaired) electrons. The lowest BCUT2D eigenvalue weighted by molar-refractivity contribution is 0.0587. The number of halogens is 1. The normalized spacial score (nSPS) is 9.67. The number of anilines is 1. The standard InChI is InChI=1S/C13H15ClN2O5/c1-20-11(17)8-3-4-9(12(18)21-2)10(7-8)16-13(19)15-6-5-14/h3-4,7H,5-6H2,1-2H3,(H2,15,16,19). The van der Waals surface area contributed by atoms with E-state index in [-0.39, 0.29) is 29.2 Å². The summed E-state index contributed by atoms with van der Waals surface area (Å²) in [6.45, 7) is 0.262. The van der Waals surface area contributed by atoms with Crippen molar-refractivity contribution in [1.82, 2.24) is 5.32 Å². The van der Waals surface area contributed by atoms with Crippen LogP contribution in [0, 0.1) is 0 Å². The topological polar surface area (TPSA) is 93.7 Å². The summed E-state index contributed by atoms with van der Waals surface area (Å²) in [5, 5.41) is 4.94. The number of urea groups is 1. The molecule has 1 rings (SSSR count). The number of esters is 2. The minimum atomic E-state index is -0.640. The number of hydrogen-bond acceptors (Lipinski definition) is 5. The minimum absolute atomic E-state index is 0.117. The zero-order chi connectivity index (χ0) is 15.8. The molecule has 0 heterocycles. The van der Waals surface area contributed by atoms with Gasteiger partial charge in [-0.2, -0.15) is 0 Å². The first-order valence-corrected chi connectivity index (χ1v) is 6.48. The summed E-state index contributed by atoms with van der Waals surface area (Å²) < 4.78 is 9.21. The van der Waals surface area contributed by atoms with Crippen LogP contribution in [0.15, 0.2) is 18.2 Å². The van der Waals surface area contributed by atoms with Gasteiger partial charge < -0.3 is 20.1 Å². The molecule has 0 fully saturated rings. The summed E-state index contributed by atoms with van der Waals surface area (Å²) in [7, 11) is 2.45. The second-order valence-electron chi connectivity index (χ2n) is 3.81. The third-order valence-corrected chi connectivity index (χ3v) is 2.66. The fourth-order valence-corrected chi connectivity index (χ4v) is 1.60. The van der Waals surface area contributed by atoms with Crippen LogP contribution >= 0.6 is 11.6 Å². The van der Waals surface area contributed by atoms with Gasteiger partial charge in [-0.25, -0.2) is 14.4 Å². The van der Waals surface area contributed by atoms with Gasteiger partial charge in [-0.1, -0.05) is 0 Å². The molecule has 0 unspecified atom stereocenters. The molecule has 0 bridgehead atoms. The average molecular weight is 315 g/mol. The van der Waals surface area contributed by atoms with E-state index in [4.69, 9.17) is 11.6 Å². The zero-order valence-corrected chi connectivity index (χ0v) is 12.3. The van der Waals surface area contributed by atoms with E-state index in [1.165, 1.54) is 32.4 Å². The Hall–Kier alpha value is -2.28. The summed E-state index contributed by atoms with van der Waals surface area (Å²) in [5.41, 5.74) is 0.445. The Morgan fingerprint density at radius 2 is 1.81 bits per heavy atom. The molecule has 8 heteroatoms. The van der Waals surface area contributed by atoms with Gasteiger partial charge in [-0.15, -0.1) is 11.6 Å². The highest BCUT2D eigenvalue weighted by Gasteiger charge is 2.17. The maximum atomic E-state index is 11.6. The van der Waals surface area contributed by atoms with Gasteiger partial charge >= 0.3 is 18.0 Å². The van der Waals surface area contributed by atoms with Gasteiger partial charge in [0.2, 0.25) is 0 Å². The molecule has 0 aliphatic carbocycles. The summed E-state index contributed by atoms with van der Waals surface area (Å²) >= 11 is 5.46. The fraction of sp³-hybridized carbons (Fsp3) is 0.308. The molecule has 7 nitrogen and oxygen atoms in total. The minimum Gasteiger partial charge on any atom is -0.465 e. The number of hydrogen-bond donors (Lipinski definition) is 2. The van der Waals surface area contributed by atoms with Crippen LogP contribution in [0.3, 0.4) is 0 Å². The van der Waals surface area contributed by atoms with Crippen molar-refractivity contribution in [3.8, 4) is 0 Å². The number of alkyl halides is 1. The van der Waals surface area contributed by atoms with Crippen LogP contribution in [0.25, 0.3) is 0 Å². The Labute approximate surface area is 126 Å². The molecule has 21 heavy (non-hydrogen) atoms. The number of rotatable bonds is 5. The van der Waals surface area contributed by atoms with Crippen molar-refractivity contribution in [1.29, 1.82) is 0 Å². The second-order valence-corrected chi connectivity index (χ2v) is 4.19. The van der Waals surface area contributed by atoms with Crippen molar-refractivity contribution >= 4 is 35.3 Å². The smallest absolute Gasteiger partial charge is 0.339 e. The number of carbonyl (C=O) groups is 3. The van der Waals surface area contributed by atoms with Crippen molar-refractivity contribution in [2.75, 3.05) is 32.0 Å². The van der Waals surface area contributed by atoms with E-state index in [1.54, 1.807) is 0 Å². The van der Waals surface area contributed by atoms with Crippen molar-refractivity contribution in [2.45, 2.75) is 0 Å². The van der Waals surface area contributed by atoms with Gasteiger partial charge in [0.15, 0.2) is 0 Å². The van der Waals surface area contributed by atoms with Gasteiger partial charge in [0.1, 0.15) is 0 Å². The molecule has 0 aromatic heterocycles. The molecular formula is C13H15ClN2O5. The summed E-state index contributed by atoms with van der Waals surface area (Å²) in [4.78, 5) is 34.8. The highest BCUT2D eigenvalue weighted by molar-refractivity contribution is 6.18. The maximum Gasteiger partial charge on any atom is 0.339 e. The highest BCUT2D eigenvalue weighted by Crippen LogP contribution is 2.19. The second kappa shape index (κ2) is 8.11. The number of nitrogens with one attached hydrogen (secondary N) is 2. The largest absolute Gasteiger partial charge is 0.465 e. The number of benzene rings is 1. The van der Waals surface area contributed by atoms with Crippen molar-refractivity contribution < 1.29 is 23.9 Å². The Morgan fingerprint density at radius 3 is 2.38 bits per heavy atom. The van der Waals surface area contributed by atoms with Gasteiger partial charge in [0.25, 0.3) is 0 Å². The molecule has 114 valence electrons. The van der Waals surface area contributed by atoms with Crippen LogP contribution in [-0.4, -0.2) is 44.6 Å². The van der Waals surface area contributed by atoms with Gasteiger partial charge in [0, 0.05) is 12.4 Å². The lowest BCUT2D eigenvalue weighted by Crippen LogP contribution is -2.31. The zero-order valence-electron chi connectivity index (χ0n) is 11.6. The molecule has 1 aromatic rings. The van der Waals surface area contributed by atoms with Crippen LogP contribution in [-0.2, 0) is 9.47 Å².